The zero-order chi connectivity index (χ0) is 19.3. The number of aryl methyl sites for hydroxylation is 1. The first-order valence-electron chi connectivity index (χ1n) is 9.02. The van der Waals surface area contributed by atoms with Gasteiger partial charge in [0, 0.05) is 37.6 Å². The van der Waals surface area contributed by atoms with E-state index in [0.29, 0.717) is 42.5 Å². The predicted octanol–water partition coefficient (Wildman–Crippen LogP) is 3.00. The van der Waals surface area contributed by atoms with Crippen molar-refractivity contribution in [3.8, 4) is 0 Å². The van der Waals surface area contributed by atoms with Gasteiger partial charge in [0.1, 0.15) is 0 Å². The quantitative estimate of drug-likeness (QED) is 0.693. The molecule has 27 heavy (non-hydrogen) atoms. The van der Waals surface area contributed by atoms with Gasteiger partial charge in [-0.25, -0.2) is 8.42 Å². The molecule has 1 fully saturated rings. The van der Waals surface area contributed by atoms with Crippen LogP contribution in [0.3, 0.4) is 0 Å². The fourth-order valence-electron chi connectivity index (χ4n) is 3.14. The number of hydrogen-bond donors (Lipinski definition) is 0. The van der Waals surface area contributed by atoms with E-state index in [1.54, 1.807) is 29.2 Å². The number of benzene rings is 2. The molecule has 1 amide bonds. The molecule has 0 atom stereocenters. The van der Waals surface area contributed by atoms with Gasteiger partial charge in [-0.05, 0) is 42.7 Å². The first-order valence-corrected chi connectivity index (χ1v) is 11.0. The van der Waals surface area contributed by atoms with E-state index in [9.17, 15) is 13.2 Å². The summed E-state index contributed by atoms with van der Waals surface area (Å²) >= 11 is 5.70. The number of sulfonamides is 1. The number of piperazine rings is 1. The van der Waals surface area contributed by atoms with Gasteiger partial charge in [0.2, 0.25) is 10.0 Å². The number of carbonyl (C=O) groups excluding carboxylic acids is 1. The molecule has 2 aromatic rings. The monoisotopic (exact) mass is 406 g/mol. The molecule has 0 unspecified atom stereocenters. The molecule has 0 bridgehead atoms. The molecule has 144 valence electrons. The zero-order valence-corrected chi connectivity index (χ0v) is 16.6. The van der Waals surface area contributed by atoms with E-state index < -0.39 is 10.0 Å². The number of hydrogen-bond acceptors (Lipinski definition) is 3. The lowest BCUT2D eigenvalue weighted by Gasteiger charge is -2.34. The zero-order valence-electron chi connectivity index (χ0n) is 15.1. The number of carbonyl (C=O) groups is 1. The lowest BCUT2D eigenvalue weighted by molar-refractivity contribution is 0.0698. The van der Waals surface area contributed by atoms with Crippen molar-refractivity contribution < 1.29 is 13.2 Å². The number of amides is 1. The molecule has 0 radical (unpaired) electrons. The van der Waals surface area contributed by atoms with Crippen LogP contribution in [0.25, 0.3) is 0 Å². The van der Waals surface area contributed by atoms with Crippen LogP contribution in [0.2, 0.25) is 0 Å². The van der Waals surface area contributed by atoms with Crippen LogP contribution < -0.4 is 0 Å². The lowest BCUT2D eigenvalue weighted by Crippen LogP contribution is -2.50. The van der Waals surface area contributed by atoms with E-state index in [2.05, 4.69) is 0 Å². The predicted molar refractivity (Wildman–Crippen MR) is 107 cm³/mol. The van der Waals surface area contributed by atoms with Gasteiger partial charge in [-0.3, -0.25) is 4.79 Å². The third kappa shape index (κ3) is 4.69. The van der Waals surface area contributed by atoms with Crippen molar-refractivity contribution in [3.63, 3.8) is 0 Å². The molecule has 0 saturated carbocycles. The normalized spacial score (nSPS) is 15.7. The fraction of sp³-hybridized carbons (Fsp3) is 0.350. The summed E-state index contributed by atoms with van der Waals surface area (Å²) in [6.45, 7) is 1.38. The molecule has 1 aliphatic heterocycles. The molecule has 7 heteroatoms. The first kappa shape index (κ1) is 19.9. The molecule has 0 spiro atoms. The van der Waals surface area contributed by atoms with E-state index in [1.807, 2.05) is 30.3 Å². The van der Waals surface area contributed by atoms with Crippen molar-refractivity contribution in [3.05, 3.63) is 65.7 Å². The second-order valence-electron chi connectivity index (χ2n) is 6.50. The van der Waals surface area contributed by atoms with Gasteiger partial charge >= 0.3 is 0 Å². The third-order valence-corrected chi connectivity index (χ3v) is 6.89. The molecular weight excluding hydrogens is 384 g/mol. The van der Waals surface area contributed by atoms with E-state index in [0.717, 1.165) is 18.4 Å². The van der Waals surface area contributed by atoms with Crippen LogP contribution in [0.4, 0.5) is 0 Å². The highest BCUT2D eigenvalue weighted by Gasteiger charge is 2.30. The molecule has 1 saturated heterocycles. The Hall–Kier alpha value is -1.89. The summed E-state index contributed by atoms with van der Waals surface area (Å²) in [7, 11) is -3.54. The number of nitrogens with zero attached hydrogens (tertiary/aromatic N) is 2. The second kappa shape index (κ2) is 8.87. The minimum atomic E-state index is -3.54. The van der Waals surface area contributed by atoms with E-state index in [4.69, 9.17) is 11.6 Å². The Morgan fingerprint density at radius 1 is 0.926 bits per heavy atom. The summed E-state index contributed by atoms with van der Waals surface area (Å²) < 4.78 is 27.2. The largest absolute Gasteiger partial charge is 0.336 e. The summed E-state index contributed by atoms with van der Waals surface area (Å²) in [6.07, 6.45) is 1.70. The van der Waals surface area contributed by atoms with Crippen LogP contribution in [0, 0.1) is 0 Å². The van der Waals surface area contributed by atoms with Crippen LogP contribution in [-0.2, 0) is 16.4 Å². The maximum Gasteiger partial charge on any atom is 0.253 e. The van der Waals surface area contributed by atoms with Crippen molar-refractivity contribution in [2.45, 2.75) is 17.7 Å². The van der Waals surface area contributed by atoms with Gasteiger partial charge in [-0.1, -0.05) is 30.3 Å². The Balaban J connectivity index is 1.63. The van der Waals surface area contributed by atoms with Gasteiger partial charge in [-0.2, -0.15) is 4.31 Å². The van der Waals surface area contributed by atoms with Gasteiger partial charge in [0.15, 0.2) is 0 Å². The highest BCUT2D eigenvalue weighted by molar-refractivity contribution is 7.89. The molecule has 1 heterocycles. The lowest BCUT2D eigenvalue weighted by atomic mass is 10.1. The van der Waals surface area contributed by atoms with Gasteiger partial charge < -0.3 is 4.90 Å². The standard InChI is InChI=1S/C20H23ClN2O3S/c21-12-4-5-17-8-10-19(11-9-17)27(25,26)23-15-13-22(14-16-23)20(24)18-6-2-1-3-7-18/h1-3,6-11H,4-5,12-16H2. The highest BCUT2D eigenvalue weighted by Crippen LogP contribution is 2.19. The third-order valence-electron chi connectivity index (χ3n) is 4.71. The number of alkyl halides is 1. The Labute approximate surface area is 165 Å². The molecule has 2 aromatic carbocycles. The summed E-state index contributed by atoms with van der Waals surface area (Å²) in [5, 5.41) is 0. The molecule has 1 aliphatic rings. The van der Waals surface area contributed by atoms with Crippen LogP contribution in [-0.4, -0.2) is 55.6 Å². The SMILES string of the molecule is O=C(c1ccccc1)N1CCN(S(=O)(=O)c2ccc(CCCCl)cc2)CC1. The molecule has 0 aliphatic carbocycles. The van der Waals surface area contributed by atoms with Crippen molar-refractivity contribution in [1.29, 1.82) is 0 Å². The molecule has 5 nitrogen and oxygen atoms in total. The van der Waals surface area contributed by atoms with Crippen LogP contribution in [0.5, 0.6) is 0 Å². The van der Waals surface area contributed by atoms with Gasteiger partial charge in [0.05, 0.1) is 4.90 Å². The summed E-state index contributed by atoms with van der Waals surface area (Å²) in [4.78, 5) is 14.5. The van der Waals surface area contributed by atoms with Crippen molar-refractivity contribution in [2.24, 2.45) is 0 Å². The average Bonchev–Trinajstić information content (AvgIpc) is 2.72. The van der Waals surface area contributed by atoms with Crippen molar-refractivity contribution in [2.75, 3.05) is 32.1 Å². The van der Waals surface area contributed by atoms with E-state index in [-0.39, 0.29) is 5.91 Å². The molecule has 3 rings (SSSR count). The maximum atomic E-state index is 12.9. The molecular formula is C20H23ClN2O3S. The average molecular weight is 407 g/mol. The summed E-state index contributed by atoms with van der Waals surface area (Å²) in [5.74, 6) is 0.530. The van der Waals surface area contributed by atoms with Gasteiger partial charge in [0.25, 0.3) is 5.91 Å². The minimum Gasteiger partial charge on any atom is -0.336 e. The second-order valence-corrected chi connectivity index (χ2v) is 8.81. The maximum absolute atomic E-state index is 12.9. The minimum absolute atomic E-state index is 0.0590. The number of halogens is 1. The number of rotatable bonds is 6. The van der Waals surface area contributed by atoms with Gasteiger partial charge in [-0.15, -0.1) is 11.6 Å². The topological polar surface area (TPSA) is 57.7 Å². The fourth-order valence-corrected chi connectivity index (χ4v) is 4.70. The highest BCUT2D eigenvalue weighted by atomic mass is 35.5. The van der Waals surface area contributed by atoms with Crippen LogP contribution in [0.15, 0.2) is 59.5 Å². The van der Waals surface area contributed by atoms with Crippen molar-refractivity contribution in [1.82, 2.24) is 9.21 Å². The summed E-state index contributed by atoms with van der Waals surface area (Å²) in [5.41, 5.74) is 1.70. The van der Waals surface area contributed by atoms with Crippen LogP contribution in [0.1, 0.15) is 22.3 Å². The van der Waals surface area contributed by atoms with Crippen LogP contribution >= 0.6 is 11.6 Å². The summed E-state index contributed by atoms with van der Waals surface area (Å²) in [6, 6.07) is 16.1. The van der Waals surface area contributed by atoms with E-state index >= 15 is 0 Å². The smallest absolute Gasteiger partial charge is 0.253 e. The Morgan fingerprint density at radius 2 is 1.56 bits per heavy atom. The van der Waals surface area contributed by atoms with Crippen molar-refractivity contribution >= 4 is 27.5 Å². The first-order chi connectivity index (χ1) is 13.0. The Morgan fingerprint density at radius 3 is 2.15 bits per heavy atom. The molecule has 0 aromatic heterocycles. The van der Waals surface area contributed by atoms with E-state index in [1.165, 1.54) is 4.31 Å². The Kier molecular flexibility index (Phi) is 6.52. The molecule has 0 N–H and O–H groups in total. The Bertz CT molecular complexity index is 862.